The zero-order chi connectivity index (χ0) is 13.6. The monoisotopic (exact) mass is 440 g/mol. The van der Waals surface area contributed by atoms with E-state index in [0.29, 0.717) is 23.6 Å². The first kappa shape index (κ1) is 14.8. The molecule has 0 saturated heterocycles. The molecule has 3 rings (SSSR count). The number of aliphatic hydroxyl groups is 1. The van der Waals surface area contributed by atoms with E-state index in [1.807, 2.05) is 0 Å². The molecule has 0 radical (unpaired) electrons. The average Bonchev–Trinajstić information content (AvgIpc) is 2.97. The summed E-state index contributed by atoms with van der Waals surface area (Å²) >= 11 is 5.99. The van der Waals surface area contributed by atoms with E-state index in [2.05, 4.69) is 38.5 Å². The van der Waals surface area contributed by atoms with E-state index in [4.69, 9.17) is 0 Å². The van der Waals surface area contributed by atoms with Crippen LogP contribution in [0.1, 0.15) is 38.5 Å². The summed E-state index contributed by atoms with van der Waals surface area (Å²) in [6.07, 6.45) is 7.22. The number of rotatable bonds is 3. The minimum Gasteiger partial charge on any atom is -0.396 e. The molecule has 0 bridgehead atoms. The van der Waals surface area contributed by atoms with Crippen LogP contribution in [0.15, 0.2) is 0 Å². The fourth-order valence-electron chi connectivity index (χ4n) is 5.19. The second-order valence-electron chi connectivity index (χ2n) is 6.75. The van der Waals surface area contributed by atoms with Gasteiger partial charge in [0.05, 0.1) is 5.33 Å². The summed E-state index contributed by atoms with van der Waals surface area (Å²) in [6, 6.07) is 0. The minimum atomic E-state index is 0.216. The Kier molecular flexibility index (Phi) is 4.32. The normalized spacial score (nSPS) is 48.9. The van der Waals surface area contributed by atoms with Crippen LogP contribution in [0.2, 0.25) is 0 Å². The lowest BCUT2D eigenvalue weighted by atomic mass is 9.67. The smallest absolute Gasteiger partial charge is 0.147 e. The average molecular weight is 441 g/mol. The Balaban J connectivity index is 1.81. The highest BCUT2D eigenvalue weighted by Gasteiger charge is 2.58. The van der Waals surface area contributed by atoms with Gasteiger partial charge >= 0.3 is 0 Å². The van der Waals surface area contributed by atoms with Gasteiger partial charge in [-0.2, -0.15) is 0 Å². The SMILES string of the molecule is O=C(CBr)[C@H]1CC[C@H]2[C@@H]3CC(CO)C[C@H]3CC[C@]12I. The predicted molar refractivity (Wildman–Crippen MR) is 87.8 cm³/mol. The summed E-state index contributed by atoms with van der Waals surface area (Å²) in [7, 11) is 0. The van der Waals surface area contributed by atoms with Crippen molar-refractivity contribution in [2.24, 2.45) is 29.6 Å². The van der Waals surface area contributed by atoms with Crippen molar-refractivity contribution in [1.29, 1.82) is 0 Å². The zero-order valence-corrected chi connectivity index (χ0v) is 14.9. The molecule has 3 aliphatic rings. The number of Topliss-reactive ketones (excluding diaryl/α,β-unsaturated/α-hetero) is 1. The topological polar surface area (TPSA) is 37.3 Å². The second-order valence-corrected chi connectivity index (χ2v) is 9.31. The molecular formula is C15H22BrIO2. The van der Waals surface area contributed by atoms with Crippen LogP contribution in [0.5, 0.6) is 0 Å². The molecular weight excluding hydrogens is 419 g/mol. The van der Waals surface area contributed by atoms with Crippen LogP contribution in [0.4, 0.5) is 0 Å². The standard InChI is InChI=1S/C15H22BrIO2/c16-7-14(19)13-2-1-12-11-6-9(8-18)5-10(11)3-4-15(12,13)17/h9-13,18H,1-8H2/t9?,10-,11-,12+,13-,15-/m1/s1. The highest BCUT2D eigenvalue weighted by molar-refractivity contribution is 14.1. The Labute approximate surface area is 137 Å². The van der Waals surface area contributed by atoms with Crippen LogP contribution >= 0.6 is 38.5 Å². The summed E-state index contributed by atoms with van der Waals surface area (Å²) in [6.45, 7) is 0.359. The van der Waals surface area contributed by atoms with E-state index >= 15 is 0 Å². The van der Waals surface area contributed by atoms with Crippen molar-refractivity contribution in [3.05, 3.63) is 0 Å². The van der Waals surface area contributed by atoms with Gasteiger partial charge in [0.25, 0.3) is 0 Å². The van der Waals surface area contributed by atoms with Crippen LogP contribution in [-0.4, -0.2) is 26.2 Å². The molecule has 19 heavy (non-hydrogen) atoms. The summed E-state index contributed by atoms with van der Waals surface area (Å²) in [4.78, 5) is 12.2. The van der Waals surface area contributed by atoms with Crippen LogP contribution < -0.4 is 0 Å². The molecule has 3 saturated carbocycles. The fraction of sp³-hybridized carbons (Fsp3) is 0.933. The first-order chi connectivity index (χ1) is 9.10. The van der Waals surface area contributed by atoms with Gasteiger partial charge in [0, 0.05) is 15.9 Å². The molecule has 3 fully saturated rings. The molecule has 0 aliphatic heterocycles. The van der Waals surface area contributed by atoms with Gasteiger partial charge in [0.1, 0.15) is 5.78 Å². The number of hydrogen-bond acceptors (Lipinski definition) is 2. The number of aliphatic hydroxyl groups excluding tert-OH is 1. The molecule has 0 amide bonds. The Morgan fingerprint density at radius 2 is 2.11 bits per heavy atom. The lowest BCUT2D eigenvalue weighted by Gasteiger charge is -2.44. The maximum absolute atomic E-state index is 12.2. The van der Waals surface area contributed by atoms with Crippen molar-refractivity contribution >= 4 is 44.3 Å². The molecule has 1 unspecified atom stereocenters. The molecule has 6 atom stereocenters. The highest BCUT2D eigenvalue weighted by atomic mass is 127. The van der Waals surface area contributed by atoms with Crippen molar-refractivity contribution in [3.8, 4) is 0 Å². The van der Waals surface area contributed by atoms with Crippen molar-refractivity contribution in [1.82, 2.24) is 0 Å². The van der Waals surface area contributed by atoms with Gasteiger partial charge < -0.3 is 5.11 Å². The third kappa shape index (κ3) is 2.33. The maximum atomic E-state index is 12.2. The van der Waals surface area contributed by atoms with Gasteiger partial charge in [0.15, 0.2) is 0 Å². The maximum Gasteiger partial charge on any atom is 0.147 e. The van der Waals surface area contributed by atoms with E-state index in [0.717, 1.165) is 24.2 Å². The fourth-order valence-corrected chi connectivity index (χ4v) is 7.33. The number of ketones is 1. The van der Waals surface area contributed by atoms with Gasteiger partial charge in [-0.3, -0.25) is 4.79 Å². The number of alkyl halides is 2. The summed E-state index contributed by atoms with van der Waals surface area (Å²) in [5.74, 6) is 3.52. The lowest BCUT2D eigenvalue weighted by molar-refractivity contribution is -0.121. The third-order valence-electron chi connectivity index (χ3n) is 6.00. The molecule has 2 nitrogen and oxygen atoms in total. The first-order valence-electron chi connectivity index (χ1n) is 7.48. The van der Waals surface area contributed by atoms with Crippen LogP contribution in [-0.2, 0) is 4.79 Å². The van der Waals surface area contributed by atoms with Gasteiger partial charge in [-0.1, -0.05) is 38.5 Å². The summed E-state index contributed by atoms with van der Waals surface area (Å²) < 4.78 is 0.216. The number of carbonyl (C=O) groups excluding carboxylic acids is 1. The molecule has 0 aromatic heterocycles. The van der Waals surface area contributed by atoms with E-state index in [-0.39, 0.29) is 9.34 Å². The van der Waals surface area contributed by atoms with E-state index in [9.17, 15) is 9.90 Å². The molecule has 0 aromatic rings. The van der Waals surface area contributed by atoms with Gasteiger partial charge in [-0.15, -0.1) is 0 Å². The van der Waals surface area contributed by atoms with Crippen molar-refractivity contribution in [2.75, 3.05) is 11.9 Å². The highest BCUT2D eigenvalue weighted by Crippen LogP contribution is 2.62. The van der Waals surface area contributed by atoms with Gasteiger partial charge in [0.2, 0.25) is 0 Å². The van der Waals surface area contributed by atoms with Crippen molar-refractivity contribution in [3.63, 3.8) is 0 Å². The van der Waals surface area contributed by atoms with Crippen LogP contribution in [0.25, 0.3) is 0 Å². The van der Waals surface area contributed by atoms with Crippen LogP contribution in [0, 0.1) is 29.6 Å². The lowest BCUT2D eigenvalue weighted by Crippen LogP contribution is -2.45. The van der Waals surface area contributed by atoms with Crippen molar-refractivity contribution in [2.45, 2.75) is 41.9 Å². The number of halogens is 2. The zero-order valence-electron chi connectivity index (χ0n) is 11.2. The van der Waals surface area contributed by atoms with E-state index in [1.165, 1.54) is 32.1 Å². The molecule has 4 heteroatoms. The molecule has 108 valence electrons. The Morgan fingerprint density at radius 3 is 2.79 bits per heavy atom. The van der Waals surface area contributed by atoms with Crippen molar-refractivity contribution < 1.29 is 9.90 Å². The number of fused-ring (bicyclic) bond motifs is 3. The number of carbonyl (C=O) groups is 1. The van der Waals surface area contributed by atoms with Gasteiger partial charge in [-0.25, -0.2) is 0 Å². The number of hydrogen-bond donors (Lipinski definition) is 1. The Morgan fingerprint density at radius 1 is 1.32 bits per heavy atom. The molecule has 0 heterocycles. The summed E-state index contributed by atoms with van der Waals surface area (Å²) in [5, 5.41) is 9.95. The Hall–Kier alpha value is 0.840. The Bertz CT molecular complexity index is 375. The molecule has 0 aromatic carbocycles. The first-order valence-corrected chi connectivity index (χ1v) is 9.68. The predicted octanol–water partition coefficient (Wildman–Crippen LogP) is 3.58. The van der Waals surface area contributed by atoms with E-state index in [1.54, 1.807) is 0 Å². The minimum absolute atomic E-state index is 0.216. The molecule has 3 aliphatic carbocycles. The van der Waals surface area contributed by atoms with E-state index < -0.39 is 0 Å². The molecule has 1 N–H and O–H groups in total. The molecule has 0 spiro atoms. The van der Waals surface area contributed by atoms with Crippen LogP contribution in [0.3, 0.4) is 0 Å². The third-order valence-corrected chi connectivity index (χ3v) is 8.65. The summed E-state index contributed by atoms with van der Waals surface area (Å²) in [5.41, 5.74) is 0. The largest absolute Gasteiger partial charge is 0.396 e. The quantitative estimate of drug-likeness (QED) is 0.538. The second kappa shape index (κ2) is 5.56. The van der Waals surface area contributed by atoms with Gasteiger partial charge in [-0.05, 0) is 62.2 Å².